The van der Waals surface area contributed by atoms with E-state index >= 15 is 0 Å². The second kappa shape index (κ2) is 6.83. The largest absolute Gasteiger partial charge is 0.389 e. The van der Waals surface area contributed by atoms with Crippen LogP contribution in [-0.2, 0) is 9.53 Å². The number of amides is 1. The van der Waals surface area contributed by atoms with Crippen LogP contribution in [0.1, 0.15) is 19.8 Å². The second-order valence-corrected chi connectivity index (χ2v) is 4.15. The average molecular weight is 230 g/mol. The number of hydrogen-bond donors (Lipinski definition) is 2. The van der Waals surface area contributed by atoms with Gasteiger partial charge in [-0.3, -0.25) is 4.79 Å². The Kier molecular flexibility index (Phi) is 5.73. The maximum absolute atomic E-state index is 11.7. The maximum atomic E-state index is 11.7. The molecule has 0 aliphatic heterocycles. The molecule has 0 aromatic carbocycles. The van der Waals surface area contributed by atoms with E-state index in [1.165, 1.54) is 0 Å². The van der Waals surface area contributed by atoms with Gasteiger partial charge in [0.1, 0.15) is 0 Å². The summed E-state index contributed by atoms with van der Waals surface area (Å²) >= 11 is 0. The minimum absolute atomic E-state index is 0.120. The van der Waals surface area contributed by atoms with Crippen molar-refractivity contribution in [2.45, 2.75) is 31.9 Å². The molecule has 1 rings (SSSR count). The van der Waals surface area contributed by atoms with Crippen molar-refractivity contribution in [1.82, 2.24) is 10.2 Å². The van der Waals surface area contributed by atoms with Gasteiger partial charge in [0.15, 0.2) is 0 Å². The third-order valence-electron chi connectivity index (χ3n) is 2.66. The molecule has 1 atom stereocenters. The molecule has 1 amide bonds. The van der Waals surface area contributed by atoms with Crippen molar-refractivity contribution in [2.75, 3.05) is 33.4 Å². The Hall–Kier alpha value is -0.650. The monoisotopic (exact) mass is 230 g/mol. The van der Waals surface area contributed by atoms with Gasteiger partial charge in [-0.25, -0.2) is 0 Å². The third-order valence-corrected chi connectivity index (χ3v) is 2.66. The minimum Gasteiger partial charge on any atom is -0.389 e. The van der Waals surface area contributed by atoms with E-state index < -0.39 is 6.10 Å². The van der Waals surface area contributed by atoms with Crippen molar-refractivity contribution >= 4 is 5.91 Å². The Morgan fingerprint density at radius 1 is 1.62 bits per heavy atom. The normalized spacial score (nSPS) is 17.2. The van der Waals surface area contributed by atoms with Gasteiger partial charge in [0.25, 0.3) is 0 Å². The number of methoxy groups -OCH3 is 1. The Bertz CT molecular complexity index is 219. The molecule has 1 aliphatic rings. The number of rotatable bonds is 8. The van der Waals surface area contributed by atoms with Crippen LogP contribution >= 0.6 is 0 Å². The van der Waals surface area contributed by atoms with Crippen LogP contribution in [0.2, 0.25) is 0 Å². The average Bonchev–Trinajstić information content (AvgIpc) is 3.03. The van der Waals surface area contributed by atoms with Crippen molar-refractivity contribution in [2.24, 2.45) is 0 Å². The lowest BCUT2D eigenvalue weighted by molar-refractivity contribution is -0.130. The summed E-state index contributed by atoms with van der Waals surface area (Å²) in [6.45, 7) is 3.75. The fourth-order valence-electron chi connectivity index (χ4n) is 1.72. The third kappa shape index (κ3) is 4.47. The van der Waals surface area contributed by atoms with Crippen molar-refractivity contribution in [3.8, 4) is 0 Å². The molecule has 0 saturated heterocycles. The summed E-state index contributed by atoms with van der Waals surface area (Å²) in [7, 11) is 1.54. The summed E-state index contributed by atoms with van der Waals surface area (Å²) in [4.78, 5) is 13.6. The first kappa shape index (κ1) is 13.4. The Labute approximate surface area is 96.8 Å². The maximum Gasteiger partial charge on any atom is 0.236 e. The summed E-state index contributed by atoms with van der Waals surface area (Å²) in [6, 6.07) is 0.461. The standard InChI is InChI=1S/C11H22N2O3/c1-3-13(9-4-5-9)11(15)7-12-6-10(14)8-16-2/h9-10,12,14H,3-8H2,1-2H3. The van der Waals surface area contributed by atoms with Gasteiger partial charge in [0.2, 0.25) is 5.91 Å². The predicted molar refractivity (Wildman–Crippen MR) is 61.2 cm³/mol. The molecule has 1 aliphatic carbocycles. The zero-order valence-electron chi connectivity index (χ0n) is 10.1. The second-order valence-electron chi connectivity index (χ2n) is 4.15. The SMILES string of the molecule is CCN(C(=O)CNCC(O)COC)C1CC1. The van der Waals surface area contributed by atoms with E-state index in [2.05, 4.69) is 5.32 Å². The number of nitrogens with one attached hydrogen (secondary N) is 1. The Balaban J connectivity index is 2.13. The number of ether oxygens (including phenoxy) is 1. The van der Waals surface area contributed by atoms with Crippen LogP contribution in [0.3, 0.4) is 0 Å². The highest BCUT2D eigenvalue weighted by atomic mass is 16.5. The quantitative estimate of drug-likeness (QED) is 0.595. The first-order valence-electron chi connectivity index (χ1n) is 5.86. The van der Waals surface area contributed by atoms with Crippen LogP contribution in [0.25, 0.3) is 0 Å². The Morgan fingerprint density at radius 3 is 2.81 bits per heavy atom. The lowest BCUT2D eigenvalue weighted by Crippen LogP contribution is -2.41. The molecule has 0 radical (unpaired) electrons. The highest BCUT2D eigenvalue weighted by Gasteiger charge is 2.30. The summed E-state index contributed by atoms with van der Waals surface area (Å²) in [5, 5.41) is 12.3. The molecular formula is C11H22N2O3. The molecule has 0 spiro atoms. The molecule has 16 heavy (non-hydrogen) atoms. The molecule has 0 heterocycles. The highest BCUT2D eigenvalue weighted by molar-refractivity contribution is 5.78. The molecule has 1 saturated carbocycles. The number of likely N-dealkylation sites (N-methyl/N-ethyl adjacent to an activating group) is 1. The predicted octanol–water partition coefficient (Wildman–Crippen LogP) is -0.406. The van der Waals surface area contributed by atoms with Gasteiger partial charge in [0, 0.05) is 26.2 Å². The van der Waals surface area contributed by atoms with Crippen LogP contribution in [0.5, 0.6) is 0 Å². The number of hydrogen-bond acceptors (Lipinski definition) is 4. The fourth-order valence-corrected chi connectivity index (χ4v) is 1.72. The smallest absolute Gasteiger partial charge is 0.236 e. The van der Waals surface area contributed by atoms with Gasteiger partial charge < -0.3 is 20.1 Å². The van der Waals surface area contributed by atoms with Gasteiger partial charge in [-0.1, -0.05) is 0 Å². The Morgan fingerprint density at radius 2 is 2.31 bits per heavy atom. The zero-order valence-corrected chi connectivity index (χ0v) is 10.1. The van der Waals surface area contributed by atoms with E-state index in [0.717, 1.165) is 19.4 Å². The number of aliphatic hydroxyl groups excluding tert-OH is 1. The minimum atomic E-state index is -0.547. The molecule has 1 fully saturated rings. The molecule has 5 nitrogen and oxygen atoms in total. The van der Waals surface area contributed by atoms with Crippen molar-refractivity contribution in [1.29, 1.82) is 0 Å². The van der Waals surface area contributed by atoms with Crippen molar-refractivity contribution in [3.05, 3.63) is 0 Å². The molecule has 94 valence electrons. The number of aliphatic hydroxyl groups is 1. The number of carbonyl (C=O) groups excluding carboxylic acids is 1. The molecule has 2 N–H and O–H groups in total. The van der Waals surface area contributed by atoms with Crippen molar-refractivity contribution in [3.63, 3.8) is 0 Å². The van der Waals surface area contributed by atoms with Gasteiger partial charge in [0.05, 0.1) is 19.3 Å². The summed E-state index contributed by atoms with van der Waals surface area (Å²) in [5.41, 5.74) is 0. The van der Waals surface area contributed by atoms with E-state index in [0.29, 0.717) is 25.7 Å². The van der Waals surface area contributed by atoms with Gasteiger partial charge in [-0.05, 0) is 19.8 Å². The van der Waals surface area contributed by atoms with Crippen LogP contribution < -0.4 is 5.32 Å². The van der Waals surface area contributed by atoms with Gasteiger partial charge in [-0.2, -0.15) is 0 Å². The topological polar surface area (TPSA) is 61.8 Å². The number of carbonyl (C=O) groups is 1. The molecule has 0 aromatic heterocycles. The zero-order chi connectivity index (χ0) is 12.0. The van der Waals surface area contributed by atoms with Crippen LogP contribution in [0.4, 0.5) is 0 Å². The van der Waals surface area contributed by atoms with E-state index in [-0.39, 0.29) is 5.91 Å². The summed E-state index contributed by atoms with van der Waals surface area (Å²) < 4.78 is 4.79. The molecule has 0 bridgehead atoms. The molecule has 1 unspecified atom stereocenters. The van der Waals surface area contributed by atoms with Crippen LogP contribution in [-0.4, -0.2) is 61.4 Å². The van der Waals surface area contributed by atoms with Crippen molar-refractivity contribution < 1.29 is 14.6 Å². The summed E-state index contributed by atoms with van der Waals surface area (Å²) in [6.07, 6.45) is 1.71. The number of nitrogens with zero attached hydrogens (tertiary/aromatic N) is 1. The molecule has 5 heteroatoms. The van der Waals surface area contributed by atoms with Crippen LogP contribution in [0.15, 0.2) is 0 Å². The lowest BCUT2D eigenvalue weighted by Gasteiger charge is -2.21. The van der Waals surface area contributed by atoms with E-state index in [9.17, 15) is 9.90 Å². The first-order valence-corrected chi connectivity index (χ1v) is 5.86. The van der Waals surface area contributed by atoms with E-state index in [1.54, 1.807) is 7.11 Å². The van der Waals surface area contributed by atoms with Gasteiger partial charge >= 0.3 is 0 Å². The first-order chi connectivity index (χ1) is 7.69. The fraction of sp³-hybridized carbons (Fsp3) is 0.909. The van der Waals surface area contributed by atoms with E-state index in [4.69, 9.17) is 4.74 Å². The highest BCUT2D eigenvalue weighted by Crippen LogP contribution is 2.26. The lowest BCUT2D eigenvalue weighted by atomic mass is 10.3. The van der Waals surface area contributed by atoms with E-state index in [1.807, 2.05) is 11.8 Å². The van der Waals surface area contributed by atoms with Gasteiger partial charge in [-0.15, -0.1) is 0 Å². The summed E-state index contributed by atoms with van der Waals surface area (Å²) in [5.74, 6) is 0.120. The van der Waals surface area contributed by atoms with Crippen LogP contribution in [0, 0.1) is 0 Å². The molecular weight excluding hydrogens is 208 g/mol. The molecule has 0 aromatic rings.